The molecule has 0 spiro atoms. The van der Waals surface area contributed by atoms with Crippen molar-refractivity contribution in [3.8, 4) is 0 Å². The van der Waals surface area contributed by atoms with Crippen LogP contribution in [0.5, 0.6) is 0 Å². The van der Waals surface area contributed by atoms with E-state index in [0.717, 1.165) is 11.8 Å². The summed E-state index contributed by atoms with van der Waals surface area (Å²) in [7, 11) is 0. The minimum atomic E-state index is 0. The molecule has 0 saturated carbocycles. The van der Waals surface area contributed by atoms with Crippen molar-refractivity contribution in [2.75, 3.05) is 0 Å². The Bertz CT molecular complexity index is 30.2. The molecule has 0 fully saturated rings. The molecular formula is C16H44B2W. The molecule has 0 aliphatic rings. The molecule has 120 valence electrons. The van der Waals surface area contributed by atoms with E-state index in [9.17, 15) is 0 Å². The second kappa shape index (κ2) is 129. The molecule has 0 unspecified atom stereocenters. The van der Waals surface area contributed by atoms with Crippen molar-refractivity contribution in [1.29, 1.82) is 0 Å². The zero-order valence-electron chi connectivity index (χ0n) is 16.7. The molecule has 0 aromatic carbocycles. The van der Waals surface area contributed by atoms with Crippen LogP contribution in [0.25, 0.3) is 0 Å². The van der Waals surface area contributed by atoms with E-state index in [1.165, 1.54) is 0 Å². The van der Waals surface area contributed by atoms with Crippen LogP contribution < -0.4 is 0 Å². The molecule has 0 aliphatic carbocycles. The van der Waals surface area contributed by atoms with Gasteiger partial charge in [-0.1, -0.05) is 83.1 Å². The van der Waals surface area contributed by atoms with Crippen molar-refractivity contribution < 1.29 is 21.1 Å². The SMILES string of the molecule is CC.CC.CC.CC(C)C.CC(C)C.[B].[B].[CH3-].[CH3-].[W+2]. The van der Waals surface area contributed by atoms with Gasteiger partial charge in [0.05, 0.1) is 0 Å². The predicted octanol–water partition coefficient (Wildman–Crippen LogP) is 6.54. The van der Waals surface area contributed by atoms with Gasteiger partial charge in [-0.05, 0) is 11.8 Å². The third-order valence-corrected chi connectivity index (χ3v) is 0. The molecule has 0 atom stereocenters. The Labute approximate surface area is 147 Å². The maximum absolute atomic E-state index is 2.17. The summed E-state index contributed by atoms with van der Waals surface area (Å²) in [5.41, 5.74) is 0. The smallest absolute Gasteiger partial charge is 0.358 e. The van der Waals surface area contributed by atoms with Gasteiger partial charge < -0.3 is 14.9 Å². The van der Waals surface area contributed by atoms with E-state index in [2.05, 4.69) is 41.5 Å². The van der Waals surface area contributed by atoms with Crippen LogP contribution in [0.2, 0.25) is 0 Å². The van der Waals surface area contributed by atoms with Crippen LogP contribution in [0, 0.1) is 26.7 Å². The van der Waals surface area contributed by atoms with Gasteiger partial charge >= 0.3 is 21.1 Å². The second-order valence-electron chi connectivity index (χ2n) is 3.46. The van der Waals surface area contributed by atoms with Crippen LogP contribution in [0.3, 0.4) is 0 Å². The van der Waals surface area contributed by atoms with Crippen LogP contribution in [-0.4, -0.2) is 16.8 Å². The summed E-state index contributed by atoms with van der Waals surface area (Å²) < 4.78 is 0. The third-order valence-electron chi connectivity index (χ3n) is 0. The van der Waals surface area contributed by atoms with Crippen LogP contribution in [0.1, 0.15) is 83.1 Å². The predicted molar refractivity (Wildman–Crippen MR) is 99.4 cm³/mol. The Morgan fingerprint density at radius 1 is 0.421 bits per heavy atom. The fourth-order valence-corrected chi connectivity index (χ4v) is 0. The fraction of sp³-hybridized carbons (Fsp3) is 0.875. The summed E-state index contributed by atoms with van der Waals surface area (Å²) in [5, 5.41) is 0. The van der Waals surface area contributed by atoms with Gasteiger partial charge in [-0.15, -0.1) is 0 Å². The molecule has 0 N–H and O–H groups in total. The van der Waals surface area contributed by atoms with E-state index in [-0.39, 0.29) is 52.7 Å². The Balaban J connectivity index is -0.00000000649. The number of rotatable bonds is 0. The van der Waals surface area contributed by atoms with Crippen molar-refractivity contribution in [2.24, 2.45) is 11.8 Å². The summed E-state index contributed by atoms with van der Waals surface area (Å²) >= 11 is 0. The maximum Gasteiger partial charge on any atom is 2.00 e. The molecule has 0 aromatic heterocycles. The van der Waals surface area contributed by atoms with E-state index in [4.69, 9.17) is 0 Å². The first-order chi connectivity index (χ1) is 6.46. The van der Waals surface area contributed by atoms with E-state index >= 15 is 0 Å². The average molecular weight is 442 g/mol. The van der Waals surface area contributed by atoms with Crippen LogP contribution in [0.15, 0.2) is 0 Å². The summed E-state index contributed by atoms with van der Waals surface area (Å²) in [4.78, 5) is 0. The molecule has 0 bridgehead atoms. The monoisotopic (exact) mass is 442 g/mol. The van der Waals surface area contributed by atoms with Crippen LogP contribution in [-0.2, 0) is 21.1 Å². The molecule has 0 amide bonds. The van der Waals surface area contributed by atoms with Gasteiger partial charge in [0, 0.05) is 16.8 Å². The van der Waals surface area contributed by atoms with Crippen LogP contribution >= 0.6 is 0 Å². The molecule has 0 aliphatic heterocycles. The summed E-state index contributed by atoms with van der Waals surface area (Å²) in [5.74, 6) is 1.67. The van der Waals surface area contributed by atoms with Crippen molar-refractivity contribution in [3.63, 3.8) is 0 Å². The minimum Gasteiger partial charge on any atom is -0.358 e. The van der Waals surface area contributed by atoms with Gasteiger partial charge in [-0.2, -0.15) is 0 Å². The Morgan fingerprint density at radius 2 is 0.421 bits per heavy atom. The summed E-state index contributed by atoms with van der Waals surface area (Å²) in [6.07, 6.45) is 0. The van der Waals surface area contributed by atoms with Gasteiger partial charge in [0.25, 0.3) is 0 Å². The number of hydrogen-bond donors (Lipinski definition) is 0. The van der Waals surface area contributed by atoms with Crippen molar-refractivity contribution in [1.82, 2.24) is 0 Å². The Morgan fingerprint density at radius 3 is 0.421 bits per heavy atom. The van der Waals surface area contributed by atoms with E-state index in [0.29, 0.717) is 0 Å². The molecular weight excluding hydrogens is 398 g/mol. The average Bonchev–Trinajstić information content (AvgIpc) is 2.12. The first-order valence-electron chi connectivity index (χ1n) is 6.46. The fourth-order valence-electron chi connectivity index (χ4n) is 0. The summed E-state index contributed by atoms with van der Waals surface area (Å²) in [6.45, 7) is 25.0. The van der Waals surface area contributed by atoms with E-state index in [1.807, 2.05) is 41.5 Å². The molecule has 0 heterocycles. The standard InChI is InChI=1S/2C4H10.3C2H6.2CH3.2B.W/c2*1-4(2)3;3*1-2;;;;;/h2*4H,1-3H3;3*1-2H3;2*1H3;;;/q;;;;;2*-1;;;+2. The quantitative estimate of drug-likeness (QED) is 0.296. The van der Waals surface area contributed by atoms with Gasteiger partial charge in [0.15, 0.2) is 0 Å². The first-order valence-corrected chi connectivity index (χ1v) is 6.46. The van der Waals surface area contributed by atoms with Gasteiger partial charge in [-0.25, -0.2) is 0 Å². The largest absolute Gasteiger partial charge is 2.00 e. The normalized spacial score (nSPS) is 4.74. The molecule has 0 rings (SSSR count). The second-order valence-corrected chi connectivity index (χ2v) is 3.46. The van der Waals surface area contributed by atoms with Gasteiger partial charge in [-0.3, -0.25) is 0 Å². The zero-order valence-corrected chi connectivity index (χ0v) is 19.7. The maximum atomic E-state index is 2.17. The Kier molecular flexibility index (Phi) is 492. The van der Waals surface area contributed by atoms with Crippen molar-refractivity contribution >= 4 is 16.8 Å². The molecule has 3 heteroatoms. The van der Waals surface area contributed by atoms with Crippen molar-refractivity contribution in [2.45, 2.75) is 83.1 Å². The Hall–Kier alpha value is 0.818. The third kappa shape index (κ3) is 7950. The van der Waals surface area contributed by atoms with Crippen LogP contribution in [0.4, 0.5) is 0 Å². The van der Waals surface area contributed by atoms with Gasteiger partial charge in [0.2, 0.25) is 0 Å². The van der Waals surface area contributed by atoms with Gasteiger partial charge in [0.1, 0.15) is 0 Å². The zero-order chi connectivity index (χ0) is 13.2. The van der Waals surface area contributed by atoms with Crippen molar-refractivity contribution in [3.05, 3.63) is 14.9 Å². The topological polar surface area (TPSA) is 0 Å². The molecule has 6 radical (unpaired) electrons. The number of hydrogen-bond acceptors (Lipinski definition) is 0. The molecule has 0 aromatic rings. The summed E-state index contributed by atoms with van der Waals surface area (Å²) in [6, 6.07) is 0. The molecule has 19 heavy (non-hydrogen) atoms. The first kappa shape index (κ1) is 72.8. The molecule has 0 nitrogen and oxygen atoms in total. The van der Waals surface area contributed by atoms with E-state index in [1.54, 1.807) is 0 Å². The van der Waals surface area contributed by atoms with E-state index < -0.39 is 0 Å². The minimum absolute atomic E-state index is 0. The molecule has 0 saturated heterocycles.